The molecule has 1 aliphatic carbocycles. The topological polar surface area (TPSA) is 94.8 Å². The SMILES string of the molecule is CCC(C)C(=O)C1=C(O)[C@@](O)(C(O)CCC(C)C)[C@H](CCC(C)C)C1=O. The second kappa shape index (κ2) is 9.14. The summed E-state index contributed by atoms with van der Waals surface area (Å²) in [6.45, 7) is 11.5. The lowest BCUT2D eigenvalue weighted by Crippen LogP contribution is -2.49. The Hall–Kier alpha value is -1.20. The third-order valence-electron chi connectivity index (χ3n) is 5.57. The molecule has 0 aromatic heterocycles. The lowest BCUT2D eigenvalue weighted by atomic mass is 9.78. The van der Waals surface area contributed by atoms with Crippen LogP contribution in [0.25, 0.3) is 0 Å². The van der Waals surface area contributed by atoms with Crippen molar-refractivity contribution in [2.45, 2.75) is 85.4 Å². The molecule has 0 fully saturated rings. The van der Waals surface area contributed by atoms with E-state index in [2.05, 4.69) is 0 Å². The lowest BCUT2D eigenvalue weighted by Gasteiger charge is -2.34. The van der Waals surface area contributed by atoms with Crippen LogP contribution in [0.15, 0.2) is 11.3 Å². The van der Waals surface area contributed by atoms with Crippen LogP contribution in [0.4, 0.5) is 0 Å². The maximum atomic E-state index is 12.9. The fourth-order valence-electron chi connectivity index (χ4n) is 3.48. The Kier molecular flexibility index (Phi) is 8.03. The molecule has 0 aliphatic heterocycles. The molecule has 0 bridgehead atoms. The summed E-state index contributed by atoms with van der Waals surface area (Å²) in [6.07, 6.45) is 1.15. The summed E-state index contributed by atoms with van der Waals surface area (Å²) in [7, 11) is 0. The molecule has 0 aromatic rings. The van der Waals surface area contributed by atoms with E-state index in [1.165, 1.54) is 0 Å². The number of hydrogen-bond donors (Lipinski definition) is 3. The van der Waals surface area contributed by atoms with Gasteiger partial charge in [0.25, 0.3) is 0 Å². The van der Waals surface area contributed by atoms with E-state index in [9.17, 15) is 24.9 Å². The molecule has 1 rings (SSSR count). The number of aliphatic hydroxyl groups excluding tert-OH is 2. The summed E-state index contributed by atoms with van der Waals surface area (Å²) in [5, 5.41) is 32.6. The third kappa shape index (κ3) is 4.55. The maximum Gasteiger partial charge on any atom is 0.176 e. The Labute approximate surface area is 157 Å². The van der Waals surface area contributed by atoms with Crippen molar-refractivity contribution in [1.82, 2.24) is 0 Å². The van der Waals surface area contributed by atoms with Gasteiger partial charge in [0.1, 0.15) is 11.3 Å². The van der Waals surface area contributed by atoms with Gasteiger partial charge in [-0.3, -0.25) is 9.59 Å². The molecule has 1 aliphatic rings. The molecular weight excluding hydrogens is 332 g/mol. The van der Waals surface area contributed by atoms with Gasteiger partial charge < -0.3 is 15.3 Å². The van der Waals surface area contributed by atoms with Gasteiger partial charge in [-0.1, -0.05) is 48.0 Å². The number of allylic oxidation sites excluding steroid dienone is 1. The summed E-state index contributed by atoms with van der Waals surface area (Å²) in [6, 6.07) is 0. The molecule has 0 heterocycles. The minimum absolute atomic E-state index is 0.258. The van der Waals surface area contributed by atoms with Crippen LogP contribution in [0.1, 0.15) is 73.6 Å². The largest absolute Gasteiger partial charge is 0.508 e. The summed E-state index contributed by atoms with van der Waals surface area (Å²) in [5.74, 6) is -2.39. The molecule has 150 valence electrons. The quantitative estimate of drug-likeness (QED) is 0.512. The first kappa shape index (κ1) is 22.8. The number of rotatable bonds is 10. The second-order valence-electron chi connectivity index (χ2n) is 8.60. The van der Waals surface area contributed by atoms with Crippen LogP contribution >= 0.6 is 0 Å². The molecule has 2 unspecified atom stereocenters. The Morgan fingerprint density at radius 3 is 2.08 bits per heavy atom. The zero-order valence-electron chi connectivity index (χ0n) is 17.1. The smallest absolute Gasteiger partial charge is 0.176 e. The Balaban J connectivity index is 3.29. The first-order valence-electron chi connectivity index (χ1n) is 9.90. The minimum atomic E-state index is -2.07. The van der Waals surface area contributed by atoms with E-state index in [1.807, 2.05) is 34.6 Å². The highest BCUT2D eigenvalue weighted by atomic mass is 16.4. The van der Waals surface area contributed by atoms with Crippen molar-refractivity contribution in [3.63, 3.8) is 0 Å². The zero-order valence-corrected chi connectivity index (χ0v) is 17.1. The molecular formula is C21H36O5. The molecule has 0 saturated heterocycles. The Bertz CT molecular complexity index is 549. The second-order valence-corrected chi connectivity index (χ2v) is 8.60. The van der Waals surface area contributed by atoms with E-state index in [1.54, 1.807) is 6.92 Å². The molecule has 0 radical (unpaired) electrons. The highest BCUT2D eigenvalue weighted by molar-refractivity contribution is 6.24. The van der Waals surface area contributed by atoms with Crippen molar-refractivity contribution in [2.75, 3.05) is 0 Å². The number of hydrogen-bond acceptors (Lipinski definition) is 5. The van der Waals surface area contributed by atoms with Gasteiger partial charge in [0, 0.05) is 5.92 Å². The van der Waals surface area contributed by atoms with Gasteiger partial charge >= 0.3 is 0 Å². The molecule has 5 heteroatoms. The van der Waals surface area contributed by atoms with Gasteiger partial charge in [0.2, 0.25) is 0 Å². The molecule has 26 heavy (non-hydrogen) atoms. The lowest BCUT2D eigenvalue weighted by molar-refractivity contribution is -0.137. The van der Waals surface area contributed by atoms with Gasteiger partial charge in [-0.25, -0.2) is 0 Å². The van der Waals surface area contributed by atoms with Crippen LogP contribution in [0.2, 0.25) is 0 Å². The zero-order chi connectivity index (χ0) is 20.2. The first-order chi connectivity index (χ1) is 12.0. The van der Waals surface area contributed by atoms with E-state index in [-0.39, 0.29) is 12.0 Å². The highest BCUT2D eigenvalue weighted by Gasteiger charge is 2.58. The Morgan fingerprint density at radius 2 is 1.62 bits per heavy atom. The first-order valence-corrected chi connectivity index (χ1v) is 9.90. The Morgan fingerprint density at radius 1 is 1.08 bits per heavy atom. The number of Topliss-reactive ketones (excluding diaryl/α,β-unsaturated/α-hetero) is 2. The predicted molar refractivity (Wildman–Crippen MR) is 102 cm³/mol. The van der Waals surface area contributed by atoms with Crippen LogP contribution in [0.5, 0.6) is 0 Å². The summed E-state index contributed by atoms with van der Waals surface area (Å²) in [5.41, 5.74) is -2.38. The van der Waals surface area contributed by atoms with E-state index < -0.39 is 40.9 Å². The number of ketones is 2. The molecule has 0 saturated carbocycles. The molecule has 0 amide bonds. The molecule has 5 nitrogen and oxygen atoms in total. The number of carbonyl (C=O) groups excluding carboxylic acids is 2. The van der Waals surface area contributed by atoms with E-state index in [4.69, 9.17) is 0 Å². The summed E-state index contributed by atoms with van der Waals surface area (Å²) in [4.78, 5) is 25.6. The number of aliphatic hydroxyl groups is 3. The van der Waals surface area contributed by atoms with Crippen molar-refractivity contribution in [3.8, 4) is 0 Å². The molecule has 0 spiro atoms. The van der Waals surface area contributed by atoms with Crippen molar-refractivity contribution < 1.29 is 24.9 Å². The van der Waals surface area contributed by atoms with Crippen molar-refractivity contribution in [3.05, 3.63) is 11.3 Å². The molecule has 3 N–H and O–H groups in total. The van der Waals surface area contributed by atoms with Crippen LogP contribution in [-0.2, 0) is 9.59 Å². The van der Waals surface area contributed by atoms with Gasteiger partial charge in [-0.05, 0) is 37.5 Å². The molecule has 4 atom stereocenters. The molecule has 0 aromatic carbocycles. The van der Waals surface area contributed by atoms with Crippen molar-refractivity contribution in [2.24, 2.45) is 23.7 Å². The van der Waals surface area contributed by atoms with Gasteiger partial charge in [0.05, 0.1) is 12.0 Å². The fourth-order valence-corrected chi connectivity index (χ4v) is 3.48. The van der Waals surface area contributed by atoms with E-state index >= 15 is 0 Å². The van der Waals surface area contributed by atoms with E-state index in [0.717, 1.165) is 0 Å². The standard InChI is InChI=1S/C21H36O5/c1-7-14(6)18(23)17-19(24)15(10-8-12(2)3)21(26,20(17)25)16(22)11-9-13(4)5/h12-16,22,25-26H,7-11H2,1-6H3/t14?,15-,16?,21+/m1/s1. The monoisotopic (exact) mass is 368 g/mol. The predicted octanol–water partition coefficient (Wildman–Crippen LogP) is 3.58. The van der Waals surface area contributed by atoms with Crippen molar-refractivity contribution in [1.29, 1.82) is 0 Å². The normalized spacial score (nSPS) is 26.1. The van der Waals surface area contributed by atoms with Gasteiger partial charge in [0.15, 0.2) is 17.2 Å². The summed E-state index contributed by atoms with van der Waals surface area (Å²) < 4.78 is 0. The fraction of sp³-hybridized carbons (Fsp3) is 0.810. The van der Waals surface area contributed by atoms with Gasteiger partial charge in [-0.15, -0.1) is 0 Å². The number of carbonyl (C=O) groups is 2. The van der Waals surface area contributed by atoms with Crippen LogP contribution in [0, 0.1) is 23.7 Å². The van der Waals surface area contributed by atoms with Crippen LogP contribution in [-0.4, -0.2) is 38.6 Å². The third-order valence-corrected chi connectivity index (χ3v) is 5.57. The maximum absolute atomic E-state index is 12.9. The minimum Gasteiger partial charge on any atom is -0.508 e. The van der Waals surface area contributed by atoms with E-state index in [0.29, 0.717) is 37.5 Å². The van der Waals surface area contributed by atoms with Gasteiger partial charge in [-0.2, -0.15) is 0 Å². The van der Waals surface area contributed by atoms with Crippen molar-refractivity contribution >= 4 is 11.6 Å². The summed E-state index contributed by atoms with van der Waals surface area (Å²) >= 11 is 0. The average Bonchev–Trinajstić information content (AvgIpc) is 2.76. The average molecular weight is 369 g/mol. The van der Waals surface area contributed by atoms with Crippen LogP contribution < -0.4 is 0 Å². The van der Waals surface area contributed by atoms with Crippen LogP contribution in [0.3, 0.4) is 0 Å². The highest BCUT2D eigenvalue weighted by Crippen LogP contribution is 2.44.